The lowest BCUT2D eigenvalue weighted by molar-refractivity contribution is -0.139. The second kappa shape index (κ2) is 9.99. The van der Waals surface area contributed by atoms with Crippen molar-refractivity contribution >= 4 is 17.5 Å². The van der Waals surface area contributed by atoms with Crippen molar-refractivity contribution in [3.8, 4) is 0 Å². The fourth-order valence-corrected chi connectivity index (χ4v) is 3.78. The van der Waals surface area contributed by atoms with Gasteiger partial charge < -0.3 is 14.8 Å². The minimum atomic E-state index is -4.62. The van der Waals surface area contributed by atoms with Crippen LogP contribution in [-0.2, 0) is 26.9 Å². The zero-order valence-electron chi connectivity index (χ0n) is 17.8. The molecule has 1 unspecified atom stereocenters. The molecule has 0 spiro atoms. The predicted octanol–water partition coefficient (Wildman–Crippen LogP) is 4.41. The van der Waals surface area contributed by atoms with E-state index in [0.717, 1.165) is 24.8 Å². The van der Waals surface area contributed by atoms with E-state index in [1.807, 2.05) is 30.3 Å². The van der Waals surface area contributed by atoms with E-state index in [4.69, 9.17) is 9.47 Å². The summed E-state index contributed by atoms with van der Waals surface area (Å²) in [6.45, 7) is 2.03. The first kappa shape index (κ1) is 23.5. The normalized spacial score (nSPS) is 16.6. The molecule has 0 amide bonds. The van der Waals surface area contributed by atoms with Gasteiger partial charge in [0, 0.05) is 18.2 Å². The molecule has 1 heterocycles. The number of alkyl halides is 3. The smallest absolute Gasteiger partial charge is 0.416 e. The summed E-state index contributed by atoms with van der Waals surface area (Å²) in [5.41, 5.74) is 0.867. The van der Waals surface area contributed by atoms with E-state index in [1.165, 1.54) is 6.07 Å². The molecule has 0 saturated carbocycles. The van der Waals surface area contributed by atoms with Crippen LogP contribution in [0.3, 0.4) is 0 Å². The van der Waals surface area contributed by atoms with Crippen molar-refractivity contribution in [3.05, 3.63) is 76.4 Å². The predicted molar refractivity (Wildman–Crippen MR) is 113 cm³/mol. The lowest BCUT2D eigenvalue weighted by atomic mass is 9.86. The van der Waals surface area contributed by atoms with Gasteiger partial charge >= 0.3 is 18.1 Å². The summed E-state index contributed by atoms with van der Waals surface area (Å²) in [5.74, 6) is -1.45. The van der Waals surface area contributed by atoms with E-state index in [0.29, 0.717) is 24.0 Å². The monoisotopic (exact) mass is 447 g/mol. The van der Waals surface area contributed by atoms with Crippen molar-refractivity contribution in [1.29, 1.82) is 0 Å². The fraction of sp³-hybridized carbons (Fsp3) is 0.333. The van der Waals surface area contributed by atoms with E-state index < -0.39 is 23.7 Å². The first-order chi connectivity index (χ1) is 15.2. The maximum Gasteiger partial charge on any atom is 0.416 e. The Morgan fingerprint density at radius 2 is 1.81 bits per heavy atom. The largest absolute Gasteiger partial charge is 0.465 e. The lowest BCUT2D eigenvalue weighted by Gasteiger charge is -2.29. The SMILES string of the molecule is CCOC(=O)C1=C(c2ccc(C(F)(F)F)cc2C(=O)OC)CNC(Cc2ccccc2)C1. The van der Waals surface area contributed by atoms with Gasteiger partial charge in [-0.15, -0.1) is 0 Å². The van der Waals surface area contributed by atoms with Crippen molar-refractivity contribution in [3.63, 3.8) is 0 Å². The summed E-state index contributed by atoms with van der Waals surface area (Å²) in [4.78, 5) is 25.1. The third-order valence-corrected chi connectivity index (χ3v) is 5.31. The van der Waals surface area contributed by atoms with Gasteiger partial charge in [-0.2, -0.15) is 13.2 Å². The maximum atomic E-state index is 13.2. The molecule has 0 fully saturated rings. The molecule has 170 valence electrons. The highest BCUT2D eigenvalue weighted by molar-refractivity contribution is 6.03. The molecule has 0 aliphatic carbocycles. The van der Waals surface area contributed by atoms with Crippen LogP contribution in [0.1, 0.15) is 40.4 Å². The quantitative estimate of drug-likeness (QED) is 0.665. The van der Waals surface area contributed by atoms with Crippen LogP contribution < -0.4 is 5.32 Å². The van der Waals surface area contributed by atoms with Gasteiger partial charge in [0.15, 0.2) is 0 Å². The minimum absolute atomic E-state index is 0.0726. The summed E-state index contributed by atoms with van der Waals surface area (Å²) < 4.78 is 49.6. The van der Waals surface area contributed by atoms with E-state index in [2.05, 4.69) is 5.32 Å². The van der Waals surface area contributed by atoms with Crippen LogP contribution in [0.5, 0.6) is 0 Å². The van der Waals surface area contributed by atoms with E-state index in [-0.39, 0.29) is 30.3 Å². The molecule has 3 rings (SSSR count). The van der Waals surface area contributed by atoms with Gasteiger partial charge in [-0.3, -0.25) is 0 Å². The van der Waals surface area contributed by atoms with Crippen molar-refractivity contribution < 1.29 is 32.2 Å². The molecule has 1 N–H and O–H groups in total. The van der Waals surface area contributed by atoms with Gasteiger partial charge in [-0.25, -0.2) is 9.59 Å². The molecule has 8 heteroatoms. The van der Waals surface area contributed by atoms with Crippen LogP contribution in [0.2, 0.25) is 0 Å². The molecule has 1 atom stereocenters. The second-order valence-electron chi connectivity index (χ2n) is 7.40. The molecule has 0 aromatic heterocycles. The highest BCUT2D eigenvalue weighted by atomic mass is 19.4. The molecule has 0 radical (unpaired) electrons. The number of carbonyl (C=O) groups excluding carboxylic acids is 2. The standard InChI is InChI=1S/C24H24F3NO4/c1-3-32-23(30)20-13-17(11-15-7-5-4-6-8-15)28-14-21(20)18-10-9-16(24(25,26)27)12-19(18)22(29)31-2/h4-10,12,17,28H,3,11,13-14H2,1-2H3. The van der Waals surface area contributed by atoms with Crippen LogP contribution in [-0.4, -0.2) is 38.2 Å². The molecular weight excluding hydrogens is 423 g/mol. The second-order valence-corrected chi connectivity index (χ2v) is 7.40. The van der Waals surface area contributed by atoms with Gasteiger partial charge in [0.2, 0.25) is 0 Å². The average Bonchev–Trinajstić information content (AvgIpc) is 2.78. The van der Waals surface area contributed by atoms with Crippen molar-refractivity contribution in [1.82, 2.24) is 5.32 Å². The summed E-state index contributed by atoms with van der Waals surface area (Å²) in [6.07, 6.45) is -3.65. The Morgan fingerprint density at radius 1 is 1.09 bits per heavy atom. The van der Waals surface area contributed by atoms with Crippen molar-refractivity contribution in [2.45, 2.75) is 32.0 Å². The average molecular weight is 447 g/mol. The zero-order chi connectivity index (χ0) is 23.3. The van der Waals surface area contributed by atoms with Gasteiger partial charge in [0.05, 0.1) is 24.8 Å². The van der Waals surface area contributed by atoms with Crippen molar-refractivity contribution in [2.24, 2.45) is 0 Å². The lowest BCUT2D eigenvalue weighted by Crippen LogP contribution is -2.39. The minimum Gasteiger partial charge on any atom is -0.465 e. The molecule has 1 aliphatic rings. The first-order valence-electron chi connectivity index (χ1n) is 10.2. The number of hydrogen-bond donors (Lipinski definition) is 1. The summed E-state index contributed by atoms with van der Waals surface area (Å²) in [6, 6.07) is 12.5. The third-order valence-electron chi connectivity index (χ3n) is 5.31. The highest BCUT2D eigenvalue weighted by Crippen LogP contribution is 2.35. The Hall–Kier alpha value is -3.13. The van der Waals surface area contributed by atoms with Gasteiger partial charge in [-0.1, -0.05) is 36.4 Å². The third kappa shape index (κ3) is 5.37. The molecule has 2 aromatic carbocycles. The Morgan fingerprint density at radius 3 is 2.44 bits per heavy atom. The highest BCUT2D eigenvalue weighted by Gasteiger charge is 2.34. The number of nitrogens with one attached hydrogen (secondary N) is 1. The number of esters is 2. The van der Waals surface area contributed by atoms with Crippen LogP contribution in [0.25, 0.3) is 5.57 Å². The Balaban J connectivity index is 2.05. The number of ether oxygens (including phenoxy) is 2. The van der Waals surface area contributed by atoms with E-state index in [1.54, 1.807) is 6.92 Å². The Bertz CT molecular complexity index is 1020. The van der Waals surface area contributed by atoms with Crippen LogP contribution in [0.4, 0.5) is 13.2 Å². The summed E-state index contributed by atoms with van der Waals surface area (Å²) in [7, 11) is 1.10. The molecule has 2 aromatic rings. The Labute approximate surface area is 184 Å². The number of hydrogen-bond acceptors (Lipinski definition) is 5. The van der Waals surface area contributed by atoms with E-state index in [9.17, 15) is 22.8 Å². The molecule has 1 aliphatic heterocycles. The molecule has 0 saturated heterocycles. The zero-order valence-corrected chi connectivity index (χ0v) is 17.8. The molecular formula is C24H24F3NO4. The molecule has 0 bridgehead atoms. The van der Waals surface area contributed by atoms with Gasteiger partial charge in [-0.05, 0) is 48.6 Å². The Kier molecular flexibility index (Phi) is 7.35. The molecule has 32 heavy (non-hydrogen) atoms. The van der Waals surface area contributed by atoms with Crippen LogP contribution in [0, 0.1) is 0 Å². The summed E-state index contributed by atoms with van der Waals surface area (Å²) >= 11 is 0. The van der Waals surface area contributed by atoms with E-state index >= 15 is 0 Å². The first-order valence-corrected chi connectivity index (χ1v) is 10.2. The topological polar surface area (TPSA) is 64.6 Å². The number of carbonyl (C=O) groups is 2. The van der Waals surface area contributed by atoms with Gasteiger partial charge in [0.1, 0.15) is 0 Å². The number of halogens is 3. The number of rotatable bonds is 6. The number of methoxy groups -OCH3 is 1. The van der Waals surface area contributed by atoms with Gasteiger partial charge in [0.25, 0.3) is 0 Å². The summed E-state index contributed by atoms with van der Waals surface area (Å²) in [5, 5.41) is 3.33. The fourth-order valence-electron chi connectivity index (χ4n) is 3.78. The van der Waals surface area contributed by atoms with Crippen LogP contribution in [0.15, 0.2) is 54.1 Å². The number of benzene rings is 2. The van der Waals surface area contributed by atoms with Crippen molar-refractivity contribution in [2.75, 3.05) is 20.3 Å². The maximum absolute atomic E-state index is 13.2. The van der Waals surface area contributed by atoms with Crippen LogP contribution >= 0.6 is 0 Å². The molecule has 5 nitrogen and oxygen atoms in total.